The lowest BCUT2D eigenvalue weighted by Crippen LogP contribution is -1.87. The Kier molecular flexibility index (Phi) is 51.3. The van der Waals surface area contributed by atoms with Gasteiger partial charge in [0.25, 0.3) is 0 Å². The number of hydrogen-bond donors (Lipinski definition) is 0. The van der Waals surface area contributed by atoms with Crippen molar-refractivity contribution in [3.05, 3.63) is 385 Å². The molecule has 22 aromatic carbocycles. The van der Waals surface area contributed by atoms with Crippen LogP contribution in [-0.2, 0) is 0 Å². The van der Waals surface area contributed by atoms with E-state index < -0.39 is 0 Å². The molecule has 0 atom stereocenters. The lowest BCUT2D eigenvalue weighted by Gasteiger charge is -2.15. The standard InChI is InChI=1S/2C21H14.4C17H12.16C2H6/c1-13-11-15-7-4-9-17-16-8-2-5-14-6-3-10-18(20(14)16)19(12-13)21(15)17;1-13-11-12-19-17-9-3-6-14-5-2-8-16(20(14)17)18-10-4-7-15(13)21(18)19;2*1-11-8-9-13-14-6-2-4-12-5-3-7-15(17(12)14)16(13)10-11;1-11-9-12-5-4-8-15-13-6-2-3-7-14(13)16(10-11)17(12)15;1-11-9-10-16-14-6-3-2-5-13(14)15-8-4-7-12(11)17(15)16;16*1-2/h2*2-12H,1H3;4*2-10H,1H3;16*1-2H3. The fourth-order valence-electron chi connectivity index (χ4n) is 19.3. The third-order valence-corrected chi connectivity index (χ3v) is 24.1. The van der Waals surface area contributed by atoms with E-state index in [0.29, 0.717) is 0 Å². The first-order valence-corrected chi connectivity index (χ1v) is 54.7. The molecular formula is C142H172. The molecular weight excluding hydrogens is 1710 g/mol. The summed E-state index contributed by atoms with van der Waals surface area (Å²) in [6.07, 6.45) is 0. The molecule has 4 aliphatic rings. The number of aryl methyl sites for hydroxylation is 6. The quantitative estimate of drug-likeness (QED) is 0.105. The van der Waals surface area contributed by atoms with E-state index in [1.54, 1.807) is 0 Å². The van der Waals surface area contributed by atoms with E-state index in [9.17, 15) is 0 Å². The first-order chi connectivity index (χ1) is 70.1. The third-order valence-electron chi connectivity index (χ3n) is 24.1. The highest BCUT2D eigenvalue weighted by Crippen LogP contribution is 2.53. The molecule has 0 radical (unpaired) electrons. The molecule has 0 heterocycles. The van der Waals surface area contributed by atoms with Gasteiger partial charge in [-0.2, -0.15) is 0 Å². The monoisotopic (exact) mass is 1880 g/mol. The Hall–Kier alpha value is -13.5. The SMILES string of the molecule is CC.CC.CC.CC.CC.CC.CC.CC.CC.CC.CC.CC.CC.CC.CC.CC.Cc1cc2c3c(cccc3c1)-c1ccccc1-2.Cc1cc2cccc3c4cccc5cccc(c(c1)c23)c54.Cc1ccc2c(c1)-c1cccc3cccc-2c13.Cc1ccc2c(c1)-c1cccc3cccc-2c13.Cc1ccc2c3c(cccc13)-c1ccccc1-2.Cc1ccc2c3cccc4cccc(c5cccc1c52)c43. The molecule has 0 saturated carbocycles. The third kappa shape index (κ3) is 24.6. The van der Waals surface area contributed by atoms with E-state index in [2.05, 4.69) is 393 Å². The van der Waals surface area contributed by atoms with Crippen LogP contribution in [0.1, 0.15) is 255 Å². The Labute approximate surface area is 860 Å². The fraction of sp³-hybridized carbons (Fsp3) is 0.268. The summed E-state index contributed by atoms with van der Waals surface area (Å²) in [5.41, 5.74) is 30.1. The summed E-state index contributed by atoms with van der Waals surface area (Å²) in [6.45, 7) is 77.1. The molecule has 0 bridgehead atoms. The second kappa shape index (κ2) is 61.2. The van der Waals surface area contributed by atoms with Crippen LogP contribution in [0.25, 0.3) is 218 Å². The molecule has 4 aliphatic carbocycles. The van der Waals surface area contributed by atoms with Crippen molar-refractivity contribution >= 4 is 129 Å². The molecule has 0 amide bonds. The zero-order valence-corrected chi connectivity index (χ0v) is 94.5. The molecule has 0 aliphatic heterocycles. The van der Waals surface area contributed by atoms with Crippen LogP contribution in [0, 0.1) is 41.5 Å². The summed E-state index contributed by atoms with van der Waals surface area (Å²) in [5.74, 6) is 0. The largest absolute Gasteiger partial charge is 0.0683 e. The molecule has 0 nitrogen and oxygen atoms in total. The van der Waals surface area contributed by atoms with E-state index in [-0.39, 0.29) is 0 Å². The van der Waals surface area contributed by atoms with E-state index >= 15 is 0 Å². The summed E-state index contributed by atoms with van der Waals surface area (Å²) in [7, 11) is 0. The van der Waals surface area contributed by atoms with Crippen LogP contribution in [0.15, 0.2) is 352 Å². The highest BCUT2D eigenvalue weighted by atomic mass is 14.3. The minimum Gasteiger partial charge on any atom is -0.0683 e. The zero-order valence-electron chi connectivity index (χ0n) is 94.5. The minimum atomic E-state index is 1.33. The molecule has 0 heteroatoms. The summed E-state index contributed by atoms with van der Waals surface area (Å²) < 4.78 is 0. The Morgan fingerprint density at radius 2 is 0.296 bits per heavy atom. The highest BCUT2D eigenvalue weighted by Gasteiger charge is 2.26. The molecule has 0 N–H and O–H groups in total. The summed E-state index contributed by atoms with van der Waals surface area (Å²) in [6, 6.07) is 128. The van der Waals surface area contributed by atoms with Gasteiger partial charge in [-0.1, -0.05) is 585 Å². The van der Waals surface area contributed by atoms with Gasteiger partial charge in [-0.3, -0.25) is 0 Å². The maximum Gasteiger partial charge on any atom is -0.00237 e. The molecule has 0 fully saturated rings. The Morgan fingerprint density at radius 1 is 0.0986 bits per heavy atom. The maximum absolute atomic E-state index is 2.33. The lowest BCUT2D eigenvalue weighted by atomic mass is 9.89. The van der Waals surface area contributed by atoms with Gasteiger partial charge in [0.2, 0.25) is 0 Å². The van der Waals surface area contributed by atoms with Crippen molar-refractivity contribution < 1.29 is 0 Å². The predicted molar refractivity (Wildman–Crippen MR) is 659 cm³/mol. The second-order valence-corrected chi connectivity index (χ2v) is 30.8. The van der Waals surface area contributed by atoms with Crippen LogP contribution >= 0.6 is 0 Å². The average Bonchev–Trinajstić information content (AvgIpc) is 1.46. The molecule has 0 saturated heterocycles. The molecule has 26 rings (SSSR count). The van der Waals surface area contributed by atoms with Crippen molar-refractivity contribution in [1.29, 1.82) is 0 Å². The summed E-state index contributed by atoms with van der Waals surface area (Å²) in [4.78, 5) is 0. The van der Waals surface area contributed by atoms with Gasteiger partial charge in [-0.15, -0.1) is 0 Å². The number of benzene rings is 22. The van der Waals surface area contributed by atoms with Gasteiger partial charge in [-0.05, 0) is 282 Å². The van der Waals surface area contributed by atoms with Gasteiger partial charge in [0.05, 0.1) is 0 Å². The van der Waals surface area contributed by atoms with E-state index in [0.717, 1.165) is 0 Å². The summed E-state index contributed by atoms with van der Waals surface area (Å²) >= 11 is 0. The molecule has 22 aromatic rings. The van der Waals surface area contributed by atoms with Crippen LogP contribution in [0.4, 0.5) is 0 Å². The summed E-state index contributed by atoms with van der Waals surface area (Å²) in [5, 5.41) is 33.0. The van der Waals surface area contributed by atoms with Crippen molar-refractivity contribution in [2.45, 2.75) is 263 Å². The van der Waals surface area contributed by atoms with E-state index in [4.69, 9.17) is 0 Å². The molecule has 0 spiro atoms. The van der Waals surface area contributed by atoms with Crippen molar-refractivity contribution in [2.24, 2.45) is 0 Å². The minimum absolute atomic E-state index is 1.33. The fourth-order valence-corrected chi connectivity index (χ4v) is 19.3. The van der Waals surface area contributed by atoms with Crippen molar-refractivity contribution in [3.63, 3.8) is 0 Å². The molecule has 142 heavy (non-hydrogen) atoms. The predicted octanol–water partition coefficient (Wildman–Crippen LogP) is 47.7. The van der Waals surface area contributed by atoms with Crippen LogP contribution < -0.4 is 0 Å². The average molecular weight is 1880 g/mol. The lowest BCUT2D eigenvalue weighted by molar-refractivity contribution is 1.48. The number of hydrogen-bond acceptors (Lipinski definition) is 0. The maximum atomic E-state index is 2.33. The molecule has 0 aromatic heterocycles. The van der Waals surface area contributed by atoms with Crippen molar-refractivity contribution in [3.8, 4) is 89.0 Å². The smallest absolute Gasteiger partial charge is 0.00237 e. The van der Waals surface area contributed by atoms with Gasteiger partial charge in [0.1, 0.15) is 0 Å². The van der Waals surface area contributed by atoms with Gasteiger partial charge in [-0.25, -0.2) is 0 Å². The van der Waals surface area contributed by atoms with Gasteiger partial charge in [0.15, 0.2) is 0 Å². The Morgan fingerprint density at radius 3 is 0.655 bits per heavy atom. The van der Waals surface area contributed by atoms with Crippen LogP contribution in [0.5, 0.6) is 0 Å². The first-order valence-electron chi connectivity index (χ1n) is 54.7. The van der Waals surface area contributed by atoms with Crippen LogP contribution in [0.2, 0.25) is 0 Å². The molecule has 740 valence electrons. The van der Waals surface area contributed by atoms with Gasteiger partial charge in [0, 0.05) is 0 Å². The van der Waals surface area contributed by atoms with Gasteiger partial charge < -0.3 is 0 Å². The highest BCUT2D eigenvalue weighted by molar-refractivity contribution is 6.35. The Bertz CT molecular complexity index is 7350. The zero-order chi connectivity index (χ0) is 106. The first kappa shape index (κ1) is 119. The molecule has 0 unspecified atom stereocenters. The normalized spacial score (nSPS) is 9.90. The van der Waals surface area contributed by atoms with Crippen LogP contribution in [-0.4, -0.2) is 0 Å². The number of fused-ring (bicyclic) bond motifs is 16. The van der Waals surface area contributed by atoms with Crippen molar-refractivity contribution in [1.82, 2.24) is 0 Å². The van der Waals surface area contributed by atoms with Crippen LogP contribution in [0.3, 0.4) is 0 Å². The van der Waals surface area contributed by atoms with E-state index in [1.807, 2.05) is 222 Å². The van der Waals surface area contributed by atoms with Crippen molar-refractivity contribution in [2.75, 3.05) is 0 Å². The number of rotatable bonds is 0. The van der Waals surface area contributed by atoms with E-state index in [1.165, 1.54) is 252 Å². The Balaban J connectivity index is 0.000000284. The second-order valence-electron chi connectivity index (χ2n) is 30.8. The topological polar surface area (TPSA) is 0 Å². The van der Waals surface area contributed by atoms with Gasteiger partial charge >= 0.3 is 0 Å².